The molecule has 1 heterocycles. The topological polar surface area (TPSA) is 79.3 Å². The van der Waals surface area contributed by atoms with Crippen LogP contribution in [0.15, 0.2) is 24.4 Å². The van der Waals surface area contributed by atoms with Gasteiger partial charge in [0.15, 0.2) is 0 Å². The molecule has 0 aliphatic carbocycles. The fourth-order valence-electron chi connectivity index (χ4n) is 1.84. The van der Waals surface area contributed by atoms with Crippen molar-refractivity contribution in [3.63, 3.8) is 0 Å². The number of hydrogen-bond acceptors (Lipinski definition) is 4. The molecular formula is C15H15FN2O3S. The number of hydrogen-bond donors (Lipinski definition) is 2. The van der Waals surface area contributed by atoms with E-state index < -0.39 is 17.7 Å². The maximum atomic E-state index is 13.7. The smallest absolute Gasteiger partial charge is 0.335 e. The number of thiazole rings is 1. The van der Waals surface area contributed by atoms with E-state index in [-0.39, 0.29) is 11.1 Å². The molecular weight excluding hydrogens is 307 g/mol. The summed E-state index contributed by atoms with van der Waals surface area (Å²) in [5.41, 5.74) is -0.359. The monoisotopic (exact) mass is 322 g/mol. The van der Waals surface area contributed by atoms with Crippen molar-refractivity contribution in [1.82, 2.24) is 10.3 Å². The molecule has 0 aliphatic heterocycles. The van der Waals surface area contributed by atoms with Crippen LogP contribution in [0.1, 0.15) is 37.5 Å². The lowest BCUT2D eigenvalue weighted by atomic mass is 10.1. The number of carbonyl (C=O) groups is 2. The van der Waals surface area contributed by atoms with Gasteiger partial charge in [-0.25, -0.2) is 14.2 Å². The molecule has 2 rings (SSSR count). The minimum Gasteiger partial charge on any atom is -0.478 e. The Hall–Kier alpha value is -2.28. The van der Waals surface area contributed by atoms with Gasteiger partial charge in [-0.2, -0.15) is 0 Å². The number of aromatic carboxylic acids is 1. The van der Waals surface area contributed by atoms with Crippen LogP contribution in [0.25, 0.3) is 0 Å². The van der Waals surface area contributed by atoms with Crippen LogP contribution < -0.4 is 5.32 Å². The summed E-state index contributed by atoms with van der Waals surface area (Å²) in [6.45, 7) is 2.39. The summed E-state index contributed by atoms with van der Waals surface area (Å²) in [5, 5.41) is 12.3. The summed E-state index contributed by atoms with van der Waals surface area (Å²) >= 11 is 1.59. The van der Waals surface area contributed by atoms with Crippen LogP contribution in [0.4, 0.5) is 4.39 Å². The number of amides is 1. The maximum Gasteiger partial charge on any atom is 0.335 e. The van der Waals surface area contributed by atoms with Crippen LogP contribution >= 0.6 is 11.3 Å². The van der Waals surface area contributed by atoms with E-state index in [4.69, 9.17) is 5.11 Å². The molecule has 0 aliphatic rings. The van der Waals surface area contributed by atoms with Crippen molar-refractivity contribution in [2.45, 2.75) is 19.8 Å². The Morgan fingerprint density at radius 2 is 2.18 bits per heavy atom. The minimum absolute atomic E-state index is 0.168. The lowest BCUT2D eigenvalue weighted by Gasteiger charge is -2.05. The van der Waals surface area contributed by atoms with Crippen LogP contribution in [0.2, 0.25) is 0 Å². The first-order valence-corrected chi connectivity index (χ1v) is 7.57. The van der Waals surface area contributed by atoms with Crippen molar-refractivity contribution in [2.24, 2.45) is 0 Å². The third kappa shape index (κ3) is 3.88. The van der Waals surface area contributed by atoms with Crippen LogP contribution in [0.5, 0.6) is 0 Å². The zero-order valence-corrected chi connectivity index (χ0v) is 12.7. The molecule has 1 aromatic heterocycles. The normalized spacial score (nSPS) is 10.5. The van der Waals surface area contributed by atoms with Crippen LogP contribution in [-0.4, -0.2) is 28.5 Å². The summed E-state index contributed by atoms with van der Waals surface area (Å²) in [6, 6.07) is 3.22. The molecule has 0 unspecified atom stereocenters. The number of aryl methyl sites for hydroxylation is 1. The minimum atomic E-state index is -1.23. The Bertz CT molecular complexity index is 700. The van der Waals surface area contributed by atoms with Gasteiger partial charge in [-0.15, -0.1) is 11.3 Å². The quantitative estimate of drug-likeness (QED) is 0.856. The van der Waals surface area contributed by atoms with Gasteiger partial charge >= 0.3 is 5.97 Å². The Labute approximate surface area is 130 Å². The van der Waals surface area contributed by atoms with Gasteiger partial charge in [0.05, 0.1) is 16.1 Å². The van der Waals surface area contributed by atoms with Crippen molar-refractivity contribution in [1.29, 1.82) is 0 Å². The van der Waals surface area contributed by atoms with Gasteiger partial charge in [0, 0.05) is 24.0 Å². The summed E-state index contributed by atoms with van der Waals surface area (Å²) in [5.74, 6) is -2.65. The van der Waals surface area contributed by atoms with E-state index in [9.17, 15) is 14.0 Å². The Morgan fingerprint density at radius 1 is 1.41 bits per heavy atom. The third-order valence-corrected chi connectivity index (χ3v) is 4.24. The summed E-state index contributed by atoms with van der Waals surface area (Å²) < 4.78 is 13.7. The van der Waals surface area contributed by atoms with Crippen molar-refractivity contribution < 1.29 is 19.1 Å². The molecule has 0 bridgehead atoms. The number of aromatic nitrogens is 1. The number of carboxylic acids is 1. The summed E-state index contributed by atoms with van der Waals surface area (Å²) in [6.07, 6.45) is 3.31. The number of carbonyl (C=O) groups excluding carboxylic acids is 1. The highest BCUT2D eigenvalue weighted by atomic mass is 32.1. The summed E-state index contributed by atoms with van der Waals surface area (Å²) in [4.78, 5) is 28.0. The second-order valence-corrected chi connectivity index (χ2v) is 5.78. The highest BCUT2D eigenvalue weighted by molar-refractivity contribution is 7.11. The predicted octanol–water partition coefficient (Wildman–Crippen LogP) is 2.52. The standard InChI is InChI=1S/C15H15FN2O3S/c1-2-10-8-18-13(22-10)5-6-17-14(19)11-4-3-9(15(20)21)7-12(11)16/h3-4,7-8H,2,5-6H2,1H3,(H,17,19)(H,20,21). The maximum absolute atomic E-state index is 13.7. The van der Waals surface area contributed by atoms with E-state index in [1.165, 1.54) is 17.0 Å². The lowest BCUT2D eigenvalue weighted by Crippen LogP contribution is -2.26. The van der Waals surface area contributed by atoms with E-state index in [0.717, 1.165) is 17.5 Å². The summed E-state index contributed by atoms with van der Waals surface area (Å²) in [7, 11) is 0. The SMILES string of the molecule is CCc1cnc(CCNC(=O)c2ccc(C(=O)O)cc2F)s1. The molecule has 2 N–H and O–H groups in total. The van der Waals surface area contributed by atoms with Gasteiger partial charge in [0.1, 0.15) is 5.82 Å². The van der Waals surface area contributed by atoms with Gasteiger partial charge in [-0.05, 0) is 24.6 Å². The predicted molar refractivity (Wildman–Crippen MR) is 80.9 cm³/mol. The second-order valence-electron chi connectivity index (χ2n) is 4.58. The average molecular weight is 322 g/mol. The molecule has 0 fully saturated rings. The van der Waals surface area contributed by atoms with E-state index in [2.05, 4.69) is 10.3 Å². The first-order valence-electron chi connectivity index (χ1n) is 6.76. The number of rotatable bonds is 6. The van der Waals surface area contributed by atoms with Crippen molar-refractivity contribution in [3.05, 3.63) is 51.2 Å². The number of nitrogens with zero attached hydrogens (tertiary/aromatic N) is 1. The van der Waals surface area contributed by atoms with Crippen LogP contribution in [-0.2, 0) is 12.8 Å². The van der Waals surface area contributed by atoms with Gasteiger partial charge in [0.2, 0.25) is 0 Å². The van der Waals surface area contributed by atoms with E-state index in [1.807, 2.05) is 13.1 Å². The van der Waals surface area contributed by atoms with E-state index in [1.54, 1.807) is 11.3 Å². The Morgan fingerprint density at radius 3 is 2.77 bits per heavy atom. The number of benzene rings is 1. The second kappa shape index (κ2) is 7.13. The van der Waals surface area contributed by atoms with Gasteiger partial charge < -0.3 is 10.4 Å². The van der Waals surface area contributed by atoms with E-state index >= 15 is 0 Å². The van der Waals surface area contributed by atoms with Gasteiger partial charge in [0.25, 0.3) is 5.91 Å². The molecule has 22 heavy (non-hydrogen) atoms. The zero-order valence-electron chi connectivity index (χ0n) is 11.9. The molecule has 2 aromatic rings. The van der Waals surface area contributed by atoms with Crippen LogP contribution in [0, 0.1) is 5.82 Å². The first kappa shape index (κ1) is 16.1. The van der Waals surface area contributed by atoms with Crippen molar-refractivity contribution in [2.75, 3.05) is 6.54 Å². The molecule has 1 aromatic carbocycles. The highest BCUT2D eigenvalue weighted by Gasteiger charge is 2.14. The molecule has 0 saturated heterocycles. The molecule has 116 valence electrons. The molecule has 0 saturated carbocycles. The zero-order chi connectivity index (χ0) is 16.1. The first-order chi connectivity index (χ1) is 10.5. The number of halogens is 1. The number of carboxylic acid groups (broad SMARTS) is 1. The molecule has 5 nitrogen and oxygen atoms in total. The van der Waals surface area contributed by atoms with Gasteiger partial charge in [-0.3, -0.25) is 4.79 Å². The molecule has 0 atom stereocenters. The molecule has 1 amide bonds. The fourth-order valence-corrected chi connectivity index (χ4v) is 2.70. The van der Waals surface area contributed by atoms with Crippen LogP contribution in [0.3, 0.4) is 0 Å². The van der Waals surface area contributed by atoms with Gasteiger partial charge in [-0.1, -0.05) is 6.92 Å². The lowest BCUT2D eigenvalue weighted by molar-refractivity contribution is 0.0695. The molecule has 0 spiro atoms. The van der Waals surface area contributed by atoms with E-state index in [0.29, 0.717) is 13.0 Å². The third-order valence-electron chi connectivity index (χ3n) is 3.03. The van der Waals surface area contributed by atoms with Crippen molar-refractivity contribution in [3.8, 4) is 0 Å². The Balaban J connectivity index is 1.93. The molecule has 0 radical (unpaired) electrons. The average Bonchev–Trinajstić information content (AvgIpc) is 2.94. The Kier molecular flexibility index (Phi) is 5.21. The highest BCUT2D eigenvalue weighted by Crippen LogP contribution is 2.14. The largest absolute Gasteiger partial charge is 0.478 e. The molecule has 7 heteroatoms. The van der Waals surface area contributed by atoms with Crippen molar-refractivity contribution >= 4 is 23.2 Å². The number of nitrogens with one attached hydrogen (secondary N) is 1. The fraction of sp³-hybridized carbons (Fsp3) is 0.267.